The number of hydrogen-bond donors (Lipinski definition) is 2. The highest BCUT2D eigenvalue weighted by atomic mass is 35.5. The van der Waals surface area contributed by atoms with E-state index in [4.69, 9.17) is 17.3 Å². The Hall–Kier alpha value is -1.27. The molecule has 0 fully saturated rings. The van der Waals surface area contributed by atoms with Crippen LogP contribution in [0.3, 0.4) is 0 Å². The molecule has 19 heavy (non-hydrogen) atoms. The number of carbonyl (C=O) groups is 1. The maximum absolute atomic E-state index is 12.5. The fraction of sp³-hybridized carbons (Fsp3) is 0.417. The Morgan fingerprint density at radius 1 is 1.47 bits per heavy atom. The number of anilines is 1. The average Bonchev–Trinajstić information content (AvgIpc) is 2.30. The molecule has 1 aromatic carbocycles. The fourth-order valence-corrected chi connectivity index (χ4v) is 1.56. The van der Waals surface area contributed by atoms with Gasteiger partial charge < -0.3 is 11.1 Å². The van der Waals surface area contributed by atoms with Gasteiger partial charge in [-0.1, -0.05) is 18.5 Å². The Labute approximate surface area is 113 Å². The monoisotopic (exact) mass is 294 g/mol. The van der Waals surface area contributed by atoms with Gasteiger partial charge in [-0.3, -0.25) is 4.79 Å². The van der Waals surface area contributed by atoms with Gasteiger partial charge >= 0.3 is 6.18 Å². The largest absolute Gasteiger partial charge is 0.416 e. The Kier molecular flexibility index (Phi) is 5.20. The van der Waals surface area contributed by atoms with E-state index in [9.17, 15) is 18.0 Å². The third-order valence-corrected chi connectivity index (χ3v) is 2.83. The number of amides is 1. The minimum atomic E-state index is -4.48. The molecule has 0 aliphatic heterocycles. The maximum atomic E-state index is 12.5. The summed E-state index contributed by atoms with van der Waals surface area (Å²) in [5, 5.41) is 2.42. The number of carbonyl (C=O) groups excluding carboxylic acids is 1. The molecular weight excluding hydrogens is 281 g/mol. The summed E-state index contributed by atoms with van der Waals surface area (Å²) < 4.78 is 37.6. The zero-order chi connectivity index (χ0) is 14.6. The smallest absolute Gasteiger partial charge is 0.330 e. The second-order valence-electron chi connectivity index (χ2n) is 4.29. The minimum Gasteiger partial charge on any atom is -0.330 e. The molecule has 1 rings (SSSR count). The van der Waals surface area contributed by atoms with Gasteiger partial charge in [0, 0.05) is 6.42 Å². The van der Waals surface area contributed by atoms with Gasteiger partial charge in [-0.05, 0) is 30.7 Å². The Morgan fingerprint density at radius 3 is 2.63 bits per heavy atom. The predicted molar refractivity (Wildman–Crippen MR) is 67.9 cm³/mol. The molecular formula is C12H14ClF3N2O. The molecule has 1 aromatic rings. The van der Waals surface area contributed by atoms with Crippen LogP contribution in [0.5, 0.6) is 0 Å². The summed E-state index contributed by atoms with van der Waals surface area (Å²) in [6, 6.07) is 2.78. The van der Waals surface area contributed by atoms with E-state index in [0.717, 1.165) is 18.2 Å². The first-order chi connectivity index (χ1) is 8.74. The van der Waals surface area contributed by atoms with E-state index < -0.39 is 17.6 Å². The molecule has 0 aliphatic carbocycles. The molecule has 1 amide bonds. The van der Waals surface area contributed by atoms with Crippen LogP contribution in [0.15, 0.2) is 18.2 Å². The summed E-state index contributed by atoms with van der Waals surface area (Å²) >= 11 is 5.75. The first-order valence-electron chi connectivity index (χ1n) is 5.60. The third kappa shape index (κ3) is 4.72. The molecule has 3 nitrogen and oxygen atoms in total. The van der Waals surface area contributed by atoms with Crippen molar-refractivity contribution in [1.82, 2.24) is 0 Å². The third-order valence-electron chi connectivity index (χ3n) is 2.50. The zero-order valence-corrected chi connectivity index (χ0v) is 11.0. The molecule has 0 aliphatic rings. The highest BCUT2D eigenvalue weighted by molar-refractivity contribution is 6.33. The minimum absolute atomic E-state index is 0.0503. The van der Waals surface area contributed by atoms with E-state index in [0.29, 0.717) is 6.54 Å². The molecule has 1 atom stereocenters. The van der Waals surface area contributed by atoms with Crippen molar-refractivity contribution in [2.75, 3.05) is 11.9 Å². The van der Waals surface area contributed by atoms with Gasteiger partial charge in [0.1, 0.15) is 0 Å². The van der Waals surface area contributed by atoms with E-state index in [1.165, 1.54) is 0 Å². The van der Waals surface area contributed by atoms with Crippen molar-refractivity contribution in [3.63, 3.8) is 0 Å². The van der Waals surface area contributed by atoms with Crippen molar-refractivity contribution < 1.29 is 18.0 Å². The number of hydrogen-bond acceptors (Lipinski definition) is 2. The van der Waals surface area contributed by atoms with Crippen LogP contribution in [0.4, 0.5) is 18.9 Å². The maximum Gasteiger partial charge on any atom is 0.416 e. The Morgan fingerprint density at radius 2 is 2.11 bits per heavy atom. The normalized spacial score (nSPS) is 13.2. The molecule has 0 aromatic heterocycles. The van der Waals surface area contributed by atoms with Gasteiger partial charge in [-0.15, -0.1) is 0 Å². The summed E-state index contributed by atoms with van der Waals surface area (Å²) in [6.45, 7) is 2.09. The topological polar surface area (TPSA) is 55.1 Å². The SMILES string of the molecule is CC(CN)CC(=O)Nc1cc(C(F)(F)F)ccc1Cl. The van der Waals surface area contributed by atoms with Crippen LogP contribution in [0.1, 0.15) is 18.9 Å². The van der Waals surface area contributed by atoms with Crippen LogP contribution in [-0.2, 0) is 11.0 Å². The van der Waals surface area contributed by atoms with Crippen LogP contribution < -0.4 is 11.1 Å². The molecule has 0 radical (unpaired) electrons. The second-order valence-corrected chi connectivity index (χ2v) is 4.69. The van der Waals surface area contributed by atoms with E-state index >= 15 is 0 Å². The van der Waals surface area contributed by atoms with Crippen LogP contribution in [0.2, 0.25) is 5.02 Å². The lowest BCUT2D eigenvalue weighted by Gasteiger charge is -2.13. The van der Waals surface area contributed by atoms with Crippen molar-refractivity contribution in [3.8, 4) is 0 Å². The lowest BCUT2D eigenvalue weighted by Crippen LogP contribution is -2.20. The fourth-order valence-electron chi connectivity index (χ4n) is 1.40. The van der Waals surface area contributed by atoms with Crippen molar-refractivity contribution in [1.29, 1.82) is 0 Å². The molecule has 3 N–H and O–H groups in total. The number of nitrogens with two attached hydrogens (primary N) is 1. The number of halogens is 4. The van der Waals surface area contributed by atoms with Crippen molar-refractivity contribution >= 4 is 23.2 Å². The molecule has 7 heteroatoms. The summed E-state index contributed by atoms with van der Waals surface area (Å²) in [5.74, 6) is -0.469. The van der Waals surface area contributed by atoms with Gasteiger partial charge in [-0.2, -0.15) is 13.2 Å². The standard InChI is InChI=1S/C12H14ClF3N2O/c1-7(6-17)4-11(19)18-10-5-8(12(14,15)16)2-3-9(10)13/h2-3,5,7H,4,6,17H2,1H3,(H,18,19). The summed E-state index contributed by atoms with van der Waals surface area (Å²) in [4.78, 5) is 11.6. The molecule has 0 saturated carbocycles. The predicted octanol–water partition coefficient (Wildman–Crippen LogP) is 3.28. The summed E-state index contributed by atoms with van der Waals surface area (Å²) in [6.07, 6.45) is -4.35. The highest BCUT2D eigenvalue weighted by Gasteiger charge is 2.31. The van der Waals surface area contributed by atoms with Crippen LogP contribution in [-0.4, -0.2) is 12.5 Å². The number of benzene rings is 1. The van der Waals surface area contributed by atoms with Crippen LogP contribution in [0, 0.1) is 5.92 Å². The van der Waals surface area contributed by atoms with Crippen molar-refractivity contribution in [3.05, 3.63) is 28.8 Å². The van der Waals surface area contributed by atoms with Crippen molar-refractivity contribution in [2.24, 2.45) is 11.7 Å². The van der Waals surface area contributed by atoms with E-state index in [1.54, 1.807) is 6.92 Å². The molecule has 0 bridgehead atoms. The van der Waals surface area contributed by atoms with Gasteiger partial charge in [0.25, 0.3) is 0 Å². The second kappa shape index (κ2) is 6.25. The van der Waals surface area contributed by atoms with E-state index in [2.05, 4.69) is 5.32 Å². The Balaban J connectivity index is 2.86. The number of rotatable bonds is 4. The first kappa shape index (κ1) is 15.8. The molecule has 0 spiro atoms. The lowest BCUT2D eigenvalue weighted by molar-refractivity contribution is -0.137. The average molecular weight is 295 g/mol. The van der Waals surface area contributed by atoms with E-state index in [1.807, 2.05) is 0 Å². The Bertz CT molecular complexity index is 463. The van der Waals surface area contributed by atoms with Crippen LogP contribution in [0.25, 0.3) is 0 Å². The van der Waals surface area contributed by atoms with E-state index in [-0.39, 0.29) is 23.0 Å². The zero-order valence-electron chi connectivity index (χ0n) is 10.2. The van der Waals surface area contributed by atoms with Crippen molar-refractivity contribution in [2.45, 2.75) is 19.5 Å². The highest BCUT2D eigenvalue weighted by Crippen LogP contribution is 2.33. The molecule has 106 valence electrons. The first-order valence-corrected chi connectivity index (χ1v) is 5.98. The van der Waals surface area contributed by atoms with Gasteiger partial charge in [0.2, 0.25) is 5.91 Å². The summed E-state index contributed by atoms with van der Waals surface area (Å²) in [7, 11) is 0. The molecule has 0 heterocycles. The van der Waals surface area contributed by atoms with Gasteiger partial charge in [0.15, 0.2) is 0 Å². The van der Waals surface area contributed by atoms with Gasteiger partial charge in [-0.25, -0.2) is 0 Å². The summed E-state index contributed by atoms with van der Waals surface area (Å²) in [5.41, 5.74) is 4.46. The quantitative estimate of drug-likeness (QED) is 0.895. The van der Waals surface area contributed by atoms with Crippen LogP contribution >= 0.6 is 11.6 Å². The number of alkyl halides is 3. The molecule has 1 unspecified atom stereocenters. The molecule has 0 saturated heterocycles. The number of nitrogens with one attached hydrogen (secondary N) is 1. The van der Waals surface area contributed by atoms with Gasteiger partial charge in [0.05, 0.1) is 16.3 Å². The lowest BCUT2D eigenvalue weighted by atomic mass is 10.1.